The fraction of sp³-hybridized carbons (Fsp3) is 0.417. The molecule has 106 valence electrons. The van der Waals surface area contributed by atoms with Crippen LogP contribution in [0, 0.1) is 0 Å². The highest BCUT2D eigenvalue weighted by Gasteiger charge is 2.11. The number of carbonyl (C=O) groups is 1. The summed E-state index contributed by atoms with van der Waals surface area (Å²) in [7, 11) is 0. The van der Waals surface area contributed by atoms with Gasteiger partial charge in [-0.1, -0.05) is 15.9 Å². The summed E-state index contributed by atoms with van der Waals surface area (Å²) in [5.41, 5.74) is 0.458. The van der Waals surface area contributed by atoms with Gasteiger partial charge < -0.3 is 14.8 Å². The van der Waals surface area contributed by atoms with Crippen molar-refractivity contribution in [2.45, 2.75) is 20.1 Å². The van der Waals surface area contributed by atoms with Crippen LogP contribution in [0.3, 0.4) is 0 Å². The van der Waals surface area contributed by atoms with Gasteiger partial charge in [-0.2, -0.15) is 8.78 Å². The molecule has 0 fully saturated rings. The third-order valence-electron chi connectivity index (χ3n) is 2.15. The largest absolute Gasteiger partial charge is 0.434 e. The van der Waals surface area contributed by atoms with E-state index >= 15 is 0 Å². The highest BCUT2D eigenvalue weighted by Crippen LogP contribution is 2.24. The Morgan fingerprint density at radius 3 is 2.84 bits per heavy atom. The zero-order valence-electron chi connectivity index (χ0n) is 10.3. The SMILES string of the molecule is CCOCC(=O)NCc1cc(Br)ccc1OC(F)F. The van der Waals surface area contributed by atoms with Gasteiger partial charge in [0.2, 0.25) is 5.91 Å². The van der Waals surface area contributed by atoms with Gasteiger partial charge in [0.15, 0.2) is 0 Å². The van der Waals surface area contributed by atoms with E-state index in [1.54, 1.807) is 19.1 Å². The zero-order chi connectivity index (χ0) is 14.3. The van der Waals surface area contributed by atoms with Crippen molar-refractivity contribution in [3.63, 3.8) is 0 Å². The van der Waals surface area contributed by atoms with E-state index in [1.165, 1.54) is 6.07 Å². The van der Waals surface area contributed by atoms with E-state index in [0.29, 0.717) is 16.6 Å². The number of amides is 1. The zero-order valence-corrected chi connectivity index (χ0v) is 11.9. The van der Waals surface area contributed by atoms with Crippen molar-refractivity contribution in [1.82, 2.24) is 5.32 Å². The van der Waals surface area contributed by atoms with E-state index in [2.05, 4.69) is 26.0 Å². The molecule has 1 amide bonds. The molecule has 0 unspecified atom stereocenters. The molecule has 0 saturated heterocycles. The van der Waals surface area contributed by atoms with Gasteiger partial charge in [-0.05, 0) is 25.1 Å². The summed E-state index contributed by atoms with van der Waals surface area (Å²) >= 11 is 3.23. The quantitative estimate of drug-likeness (QED) is 0.832. The van der Waals surface area contributed by atoms with Crippen LogP contribution in [0.15, 0.2) is 22.7 Å². The first-order valence-electron chi connectivity index (χ1n) is 5.60. The van der Waals surface area contributed by atoms with Crippen LogP contribution in [-0.4, -0.2) is 25.7 Å². The minimum Gasteiger partial charge on any atom is -0.434 e. The molecular weight excluding hydrogens is 324 g/mol. The minimum absolute atomic E-state index is 0.0370. The number of hydrogen-bond acceptors (Lipinski definition) is 3. The van der Waals surface area contributed by atoms with Crippen LogP contribution in [0.4, 0.5) is 8.78 Å². The van der Waals surface area contributed by atoms with Crippen LogP contribution >= 0.6 is 15.9 Å². The number of alkyl halides is 2. The molecule has 19 heavy (non-hydrogen) atoms. The molecule has 0 aliphatic rings. The number of ether oxygens (including phenoxy) is 2. The van der Waals surface area contributed by atoms with E-state index in [9.17, 15) is 13.6 Å². The van der Waals surface area contributed by atoms with Crippen molar-refractivity contribution in [1.29, 1.82) is 0 Å². The second kappa shape index (κ2) is 8.06. The fourth-order valence-corrected chi connectivity index (χ4v) is 1.75. The van der Waals surface area contributed by atoms with Crippen molar-refractivity contribution in [3.05, 3.63) is 28.2 Å². The lowest BCUT2D eigenvalue weighted by atomic mass is 10.2. The Balaban J connectivity index is 2.65. The summed E-state index contributed by atoms with van der Waals surface area (Å²) in [4.78, 5) is 11.4. The van der Waals surface area contributed by atoms with Gasteiger partial charge in [-0.25, -0.2) is 0 Å². The summed E-state index contributed by atoms with van der Waals surface area (Å²) in [6.45, 7) is -0.664. The van der Waals surface area contributed by atoms with Gasteiger partial charge in [0, 0.05) is 23.2 Å². The highest BCUT2D eigenvalue weighted by molar-refractivity contribution is 9.10. The molecule has 0 spiro atoms. The smallest absolute Gasteiger partial charge is 0.387 e. The van der Waals surface area contributed by atoms with E-state index in [-0.39, 0.29) is 24.8 Å². The van der Waals surface area contributed by atoms with Crippen molar-refractivity contribution in [3.8, 4) is 5.75 Å². The van der Waals surface area contributed by atoms with Gasteiger partial charge in [-0.15, -0.1) is 0 Å². The lowest BCUT2D eigenvalue weighted by Gasteiger charge is -2.12. The molecular formula is C12H14BrF2NO3. The van der Waals surface area contributed by atoms with E-state index < -0.39 is 6.61 Å². The topological polar surface area (TPSA) is 47.6 Å². The Labute approximate surface area is 118 Å². The second-order valence-electron chi connectivity index (χ2n) is 3.54. The Hall–Kier alpha value is -1.21. The predicted octanol–water partition coefficient (Wildman–Crippen LogP) is 2.70. The van der Waals surface area contributed by atoms with Crippen molar-refractivity contribution in [2.75, 3.05) is 13.2 Å². The maximum absolute atomic E-state index is 12.2. The van der Waals surface area contributed by atoms with Crippen molar-refractivity contribution < 1.29 is 23.0 Å². The molecule has 0 heterocycles. The van der Waals surface area contributed by atoms with Crippen LogP contribution in [0.25, 0.3) is 0 Å². The minimum atomic E-state index is -2.90. The van der Waals surface area contributed by atoms with Gasteiger partial charge in [0.05, 0.1) is 0 Å². The molecule has 0 aromatic heterocycles. The number of benzene rings is 1. The lowest BCUT2D eigenvalue weighted by Crippen LogP contribution is -2.27. The Kier molecular flexibility index (Phi) is 6.72. The number of rotatable bonds is 7. The summed E-state index contributed by atoms with van der Waals surface area (Å²) in [6, 6.07) is 4.61. The van der Waals surface area contributed by atoms with Gasteiger partial charge >= 0.3 is 6.61 Å². The third-order valence-corrected chi connectivity index (χ3v) is 2.65. The van der Waals surface area contributed by atoms with Crippen LogP contribution < -0.4 is 10.1 Å². The fourth-order valence-electron chi connectivity index (χ4n) is 1.34. The molecule has 7 heteroatoms. The maximum atomic E-state index is 12.2. The number of nitrogens with one attached hydrogen (secondary N) is 1. The lowest BCUT2D eigenvalue weighted by molar-refractivity contribution is -0.125. The van der Waals surface area contributed by atoms with Crippen molar-refractivity contribution >= 4 is 21.8 Å². The number of carbonyl (C=O) groups excluding carboxylic acids is 1. The van der Waals surface area contributed by atoms with Crippen LogP contribution in [0.2, 0.25) is 0 Å². The number of hydrogen-bond donors (Lipinski definition) is 1. The van der Waals surface area contributed by atoms with Crippen LogP contribution in [0.5, 0.6) is 5.75 Å². The van der Waals surface area contributed by atoms with Crippen LogP contribution in [-0.2, 0) is 16.1 Å². The molecule has 0 atom stereocenters. The first-order chi connectivity index (χ1) is 9.02. The first-order valence-corrected chi connectivity index (χ1v) is 6.40. The molecule has 0 aliphatic heterocycles. The molecule has 0 aliphatic carbocycles. The van der Waals surface area contributed by atoms with E-state index in [1.807, 2.05) is 0 Å². The summed E-state index contributed by atoms with van der Waals surface area (Å²) in [5, 5.41) is 2.56. The van der Waals surface area contributed by atoms with E-state index in [0.717, 1.165) is 0 Å². The molecule has 0 saturated carbocycles. The third kappa shape index (κ3) is 5.98. The molecule has 4 nitrogen and oxygen atoms in total. The average molecular weight is 338 g/mol. The molecule has 0 bridgehead atoms. The standard InChI is InChI=1S/C12H14BrF2NO3/c1-2-18-7-11(17)16-6-8-5-9(13)3-4-10(8)19-12(14)15/h3-5,12H,2,6-7H2,1H3,(H,16,17). The maximum Gasteiger partial charge on any atom is 0.387 e. The highest BCUT2D eigenvalue weighted by atomic mass is 79.9. The Morgan fingerprint density at radius 2 is 2.21 bits per heavy atom. The normalized spacial score (nSPS) is 10.6. The molecule has 1 N–H and O–H groups in total. The van der Waals surface area contributed by atoms with E-state index in [4.69, 9.17) is 4.74 Å². The van der Waals surface area contributed by atoms with Gasteiger partial charge in [0.25, 0.3) is 0 Å². The Bertz CT molecular complexity index is 429. The molecule has 1 rings (SSSR count). The molecule has 1 aromatic carbocycles. The predicted molar refractivity (Wildman–Crippen MR) is 69.1 cm³/mol. The first kappa shape index (κ1) is 15.8. The summed E-state index contributed by atoms with van der Waals surface area (Å²) < 4.78 is 34.5. The summed E-state index contributed by atoms with van der Waals surface area (Å²) in [5.74, 6) is -0.278. The molecule has 0 radical (unpaired) electrons. The van der Waals surface area contributed by atoms with Crippen LogP contribution in [0.1, 0.15) is 12.5 Å². The molecule has 1 aromatic rings. The van der Waals surface area contributed by atoms with Crippen molar-refractivity contribution in [2.24, 2.45) is 0 Å². The second-order valence-corrected chi connectivity index (χ2v) is 4.46. The van der Waals surface area contributed by atoms with Gasteiger partial charge in [0.1, 0.15) is 12.4 Å². The average Bonchev–Trinajstić information content (AvgIpc) is 2.36. The Morgan fingerprint density at radius 1 is 1.47 bits per heavy atom. The monoisotopic (exact) mass is 337 g/mol. The van der Waals surface area contributed by atoms with Gasteiger partial charge in [-0.3, -0.25) is 4.79 Å². The summed E-state index contributed by atoms with van der Waals surface area (Å²) in [6.07, 6.45) is 0. The number of halogens is 3.